The van der Waals surface area contributed by atoms with Crippen LogP contribution in [0.15, 0.2) is 0 Å². The van der Waals surface area contributed by atoms with Gasteiger partial charge in [-0.25, -0.2) is 0 Å². The van der Waals surface area contributed by atoms with Crippen molar-refractivity contribution in [2.75, 3.05) is 0 Å². The second-order valence-corrected chi connectivity index (χ2v) is 7.60. The third-order valence-electron chi connectivity index (χ3n) is 4.74. The number of hydrogen-bond donors (Lipinski definition) is 1. The van der Waals surface area contributed by atoms with Crippen LogP contribution >= 0.6 is 0 Å². The molecule has 2 heteroatoms. The molecule has 0 spiro atoms. The summed E-state index contributed by atoms with van der Waals surface area (Å²) in [5, 5.41) is 9.28. The van der Waals surface area contributed by atoms with Gasteiger partial charge in [0.05, 0.1) is 5.92 Å². The molecule has 0 heterocycles. The van der Waals surface area contributed by atoms with Gasteiger partial charge in [0, 0.05) is 0 Å². The summed E-state index contributed by atoms with van der Waals surface area (Å²) in [5.41, 5.74) is 0. The zero-order chi connectivity index (χ0) is 16.8. The van der Waals surface area contributed by atoms with Gasteiger partial charge in [-0.2, -0.15) is 0 Å². The second-order valence-electron chi connectivity index (χ2n) is 7.60. The highest BCUT2D eigenvalue weighted by Gasteiger charge is 2.17. The van der Waals surface area contributed by atoms with E-state index < -0.39 is 5.97 Å². The summed E-state index contributed by atoms with van der Waals surface area (Å²) in [6.45, 7) is 8.95. The lowest BCUT2D eigenvalue weighted by molar-refractivity contribution is -0.142. The first-order valence-electron chi connectivity index (χ1n) is 9.70. The van der Waals surface area contributed by atoms with E-state index in [0.717, 1.165) is 31.6 Å². The zero-order valence-corrected chi connectivity index (χ0v) is 15.6. The van der Waals surface area contributed by atoms with E-state index in [-0.39, 0.29) is 5.92 Å². The summed E-state index contributed by atoms with van der Waals surface area (Å²) < 4.78 is 0. The van der Waals surface area contributed by atoms with Crippen molar-refractivity contribution in [3.63, 3.8) is 0 Å². The molecule has 0 bridgehead atoms. The van der Waals surface area contributed by atoms with Gasteiger partial charge in [0.1, 0.15) is 0 Å². The highest BCUT2D eigenvalue weighted by atomic mass is 16.4. The minimum atomic E-state index is -0.593. The average Bonchev–Trinajstić information content (AvgIpc) is 2.45. The Labute approximate surface area is 139 Å². The van der Waals surface area contributed by atoms with Gasteiger partial charge in [-0.3, -0.25) is 4.79 Å². The van der Waals surface area contributed by atoms with Crippen molar-refractivity contribution in [3.05, 3.63) is 0 Å². The molecule has 0 aromatic carbocycles. The van der Waals surface area contributed by atoms with Crippen LogP contribution in [-0.2, 0) is 4.79 Å². The molecular weight excluding hydrogens is 272 g/mol. The monoisotopic (exact) mass is 312 g/mol. The standard InChI is InChI=1S/C20H40O2/c1-5-6-7-8-9-12-18(4)13-10-11-14-19(20(21)22)16-15-17(2)3/h17-19H,5-16H2,1-4H3,(H,21,22). The van der Waals surface area contributed by atoms with Crippen molar-refractivity contribution in [3.8, 4) is 0 Å². The van der Waals surface area contributed by atoms with Gasteiger partial charge < -0.3 is 5.11 Å². The molecule has 0 radical (unpaired) electrons. The predicted molar refractivity (Wildman–Crippen MR) is 96.2 cm³/mol. The molecule has 0 aromatic rings. The maximum absolute atomic E-state index is 11.3. The van der Waals surface area contributed by atoms with Crippen molar-refractivity contribution in [1.82, 2.24) is 0 Å². The van der Waals surface area contributed by atoms with E-state index in [9.17, 15) is 9.90 Å². The number of hydrogen-bond acceptors (Lipinski definition) is 1. The topological polar surface area (TPSA) is 37.3 Å². The van der Waals surface area contributed by atoms with Crippen molar-refractivity contribution >= 4 is 5.97 Å². The molecule has 2 unspecified atom stereocenters. The van der Waals surface area contributed by atoms with Crippen LogP contribution in [0.4, 0.5) is 0 Å². The summed E-state index contributed by atoms with van der Waals surface area (Å²) in [5.74, 6) is 0.700. The lowest BCUT2D eigenvalue weighted by Gasteiger charge is -2.15. The van der Waals surface area contributed by atoms with Gasteiger partial charge in [0.2, 0.25) is 0 Å². The molecule has 0 saturated heterocycles. The first-order chi connectivity index (χ1) is 10.5. The number of unbranched alkanes of at least 4 members (excludes halogenated alkanes) is 5. The van der Waals surface area contributed by atoms with Crippen molar-refractivity contribution in [1.29, 1.82) is 0 Å². The quantitative estimate of drug-likeness (QED) is 0.342. The summed E-state index contributed by atoms with van der Waals surface area (Å²) in [6.07, 6.45) is 14.5. The van der Waals surface area contributed by atoms with Gasteiger partial charge >= 0.3 is 5.97 Å². The van der Waals surface area contributed by atoms with Crippen LogP contribution in [0.5, 0.6) is 0 Å². The lowest BCUT2D eigenvalue weighted by atomic mass is 9.91. The molecule has 0 aliphatic heterocycles. The minimum absolute atomic E-state index is 0.119. The molecule has 0 aliphatic carbocycles. The van der Waals surface area contributed by atoms with E-state index in [1.54, 1.807) is 0 Å². The first kappa shape index (κ1) is 21.5. The molecule has 0 amide bonds. The molecule has 0 rings (SSSR count). The Bertz CT molecular complexity index is 260. The normalized spacial score (nSPS) is 14.2. The lowest BCUT2D eigenvalue weighted by Crippen LogP contribution is -2.14. The fraction of sp³-hybridized carbons (Fsp3) is 0.950. The summed E-state index contributed by atoms with van der Waals surface area (Å²) in [4.78, 5) is 11.3. The largest absolute Gasteiger partial charge is 0.481 e. The molecule has 1 N–H and O–H groups in total. The van der Waals surface area contributed by atoms with Crippen molar-refractivity contribution < 1.29 is 9.90 Å². The molecule has 0 aliphatic rings. The van der Waals surface area contributed by atoms with Gasteiger partial charge in [0.15, 0.2) is 0 Å². The van der Waals surface area contributed by atoms with Crippen LogP contribution in [0.25, 0.3) is 0 Å². The fourth-order valence-electron chi connectivity index (χ4n) is 3.05. The van der Waals surface area contributed by atoms with Crippen LogP contribution < -0.4 is 0 Å². The van der Waals surface area contributed by atoms with Gasteiger partial charge in [-0.15, -0.1) is 0 Å². The first-order valence-corrected chi connectivity index (χ1v) is 9.70. The molecule has 2 nitrogen and oxygen atoms in total. The van der Waals surface area contributed by atoms with Crippen LogP contribution in [0.1, 0.15) is 105 Å². The third-order valence-corrected chi connectivity index (χ3v) is 4.74. The van der Waals surface area contributed by atoms with Crippen LogP contribution in [0, 0.1) is 17.8 Å². The molecule has 0 aromatic heterocycles. The average molecular weight is 313 g/mol. The number of carboxylic acids is 1. The minimum Gasteiger partial charge on any atom is -0.481 e. The summed E-state index contributed by atoms with van der Waals surface area (Å²) in [6, 6.07) is 0. The smallest absolute Gasteiger partial charge is 0.306 e. The number of carboxylic acid groups (broad SMARTS) is 1. The van der Waals surface area contributed by atoms with Crippen LogP contribution in [0.3, 0.4) is 0 Å². The third kappa shape index (κ3) is 13.2. The number of rotatable bonds is 15. The van der Waals surface area contributed by atoms with E-state index in [4.69, 9.17) is 0 Å². The highest BCUT2D eigenvalue weighted by molar-refractivity contribution is 5.69. The Hall–Kier alpha value is -0.530. The molecule has 0 fully saturated rings. The molecule has 2 atom stereocenters. The van der Waals surface area contributed by atoms with Crippen molar-refractivity contribution in [2.24, 2.45) is 17.8 Å². The maximum Gasteiger partial charge on any atom is 0.306 e. The van der Waals surface area contributed by atoms with Gasteiger partial charge in [-0.1, -0.05) is 91.9 Å². The van der Waals surface area contributed by atoms with E-state index in [0.29, 0.717) is 5.92 Å². The molecular formula is C20H40O2. The summed E-state index contributed by atoms with van der Waals surface area (Å²) >= 11 is 0. The second kappa shape index (κ2) is 14.1. The Morgan fingerprint density at radius 3 is 1.86 bits per heavy atom. The SMILES string of the molecule is CCCCCCCC(C)CCCCC(CCC(C)C)C(=O)O. The fourth-order valence-corrected chi connectivity index (χ4v) is 3.05. The van der Waals surface area contributed by atoms with E-state index in [1.807, 2.05) is 0 Å². The number of aliphatic carboxylic acids is 1. The Morgan fingerprint density at radius 1 is 0.773 bits per heavy atom. The van der Waals surface area contributed by atoms with E-state index in [1.165, 1.54) is 51.4 Å². The summed E-state index contributed by atoms with van der Waals surface area (Å²) in [7, 11) is 0. The molecule has 22 heavy (non-hydrogen) atoms. The maximum atomic E-state index is 11.3. The van der Waals surface area contributed by atoms with E-state index >= 15 is 0 Å². The molecule has 0 saturated carbocycles. The number of carbonyl (C=O) groups is 1. The van der Waals surface area contributed by atoms with Crippen LogP contribution in [-0.4, -0.2) is 11.1 Å². The van der Waals surface area contributed by atoms with Gasteiger partial charge in [0.25, 0.3) is 0 Å². The highest BCUT2D eigenvalue weighted by Crippen LogP contribution is 2.22. The van der Waals surface area contributed by atoms with Crippen molar-refractivity contribution in [2.45, 2.75) is 105 Å². The van der Waals surface area contributed by atoms with Crippen LogP contribution in [0.2, 0.25) is 0 Å². The Balaban J connectivity index is 3.64. The Morgan fingerprint density at radius 2 is 1.32 bits per heavy atom. The predicted octanol–water partition coefficient (Wildman–Crippen LogP) is 6.68. The van der Waals surface area contributed by atoms with E-state index in [2.05, 4.69) is 27.7 Å². The molecule has 132 valence electrons. The Kier molecular flexibility index (Phi) is 13.7. The zero-order valence-electron chi connectivity index (χ0n) is 15.6. The van der Waals surface area contributed by atoms with Gasteiger partial charge in [-0.05, 0) is 24.7 Å².